The summed E-state index contributed by atoms with van der Waals surface area (Å²) in [6, 6.07) is 7.96. The number of nitrogens with zero attached hydrogens (tertiary/aromatic N) is 2. The highest BCUT2D eigenvalue weighted by molar-refractivity contribution is 6.35. The first-order chi connectivity index (χ1) is 10.0. The Hall–Kier alpha value is -1.65. The molecule has 0 bridgehead atoms. The summed E-state index contributed by atoms with van der Waals surface area (Å²) in [4.78, 5) is 18.5. The molecule has 2 unspecified atom stereocenters. The summed E-state index contributed by atoms with van der Waals surface area (Å²) in [5.41, 5.74) is 1.94. The molecular formula is C16H18ClN3O. The average molecular weight is 304 g/mol. The Labute approximate surface area is 129 Å². The second-order valence-electron chi connectivity index (χ2n) is 5.65. The number of halogens is 1. The molecule has 3 rings (SSSR count). The summed E-state index contributed by atoms with van der Waals surface area (Å²) >= 11 is 6.15. The zero-order valence-electron chi connectivity index (χ0n) is 12.1. The van der Waals surface area contributed by atoms with Gasteiger partial charge in [-0.25, -0.2) is 0 Å². The fourth-order valence-corrected chi connectivity index (χ4v) is 3.08. The predicted molar refractivity (Wildman–Crippen MR) is 84.2 cm³/mol. The zero-order chi connectivity index (χ0) is 15.0. The third kappa shape index (κ3) is 2.87. The highest BCUT2D eigenvalue weighted by atomic mass is 35.5. The van der Waals surface area contributed by atoms with Crippen molar-refractivity contribution in [3.8, 4) is 0 Å². The maximum Gasteiger partial charge on any atom is 0.239 e. The van der Waals surface area contributed by atoms with E-state index >= 15 is 0 Å². The van der Waals surface area contributed by atoms with Gasteiger partial charge < -0.3 is 10.2 Å². The minimum absolute atomic E-state index is 0.123. The number of rotatable bonds is 2. The van der Waals surface area contributed by atoms with E-state index in [4.69, 9.17) is 11.6 Å². The Bertz CT molecular complexity index is 688. The number of fused-ring (bicyclic) bond motifs is 1. The van der Waals surface area contributed by atoms with Crippen molar-refractivity contribution in [1.82, 2.24) is 15.2 Å². The first-order valence-corrected chi connectivity index (χ1v) is 7.50. The summed E-state index contributed by atoms with van der Waals surface area (Å²) in [7, 11) is 0. The van der Waals surface area contributed by atoms with E-state index in [1.54, 1.807) is 12.3 Å². The van der Waals surface area contributed by atoms with Crippen molar-refractivity contribution in [3.05, 3.63) is 41.0 Å². The Balaban J connectivity index is 1.86. The zero-order valence-corrected chi connectivity index (χ0v) is 12.9. The van der Waals surface area contributed by atoms with Crippen LogP contribution in [0.5, 0.6) is 0 Å². The second kappa shape index (κ2) is 5.62. The van der Waals surface area contributed by atoms with Gasteiger partial charge in [-0.2, -0.15) is 0 Å². The normalized spacial score (nSPS) is 22.8. The van der Waals surface area contributed by atoms with Gasteiger partial charge in [-0.1, -0.05) is 23.7 Å². The van der Waals surface area contributed by atoms with Crippen molar-refractivity contribution < 1.29 is 4.79 Å². The van der Waals surface area contributed by atoms with E-state index in [1.807, 2.05) is 30.0 Å². The van der Waals surface area contributed by atoms with Crippen LogP contribution in [-0.2, 0) is 11.3 Å². The third-order valence-electron chi connectivity index (χ3n) is 3.84. The first kappa shape index (κ1) is 14.3. The van der Waals surface area contributed by atoms with Crippen molar-refractivity contribution in [2.75, 3.05) is 6.54 Å². The molecule has 2 aromatic rings. The highest BCUT2D eigenvalue weighted by Gasteiger charge is 2.28. The van der Waals surface area contributed by atoms with Gasteiger partial charge in [-0.05, 0) is 31.5 Å². The lowest BCUT2D eigenvalue weighted by Gasteiger charge is -2.35. The molecule has 2 atom stereocenters. The Kier molecular flexibility index (Phi) is 3.83. The molecule has 0 radical (unpaired) electrons. The van der Waals surface area contributed by atoms with Crippen LogP contribution in [0.25, 0.3) is 10.9 Å². The van der Waals surface area contributed by atoms with Crippen LogP contribution in [-0.4, -0.2) is 34.4 Å². The fraction of sp³-hybridized carbons (Fsp3) is 0.375. The molecule has 110 valence electrons. The number of carbonyl (C=O) groups is 1. The Morgan fingerprint density at radius 3 is 3.00 bits per heavy atom. The minimum Gasteiger partial charge on any atom is -0.335 e. The van der Waals surface area contributed by atoms with Crippen LogP contribution >= 0.6 is 11.6 Å². The van der Waals surface area contributed by atoms with Gasteiger partial charge in [0.25, 0.3) is 0 Å². The molecule has 4 nitrogen and oxygen atoms in total. The number of benzene rings is 1. The van der Waals surface area contributed by atoms with Gasteiger partial charge in [-0.3, -0.25) is 9.78 Å². The van der Waals surface area contributed by atoms with Gasteiger partial charge in [0.1, 0.15) is 0 Å². The lowest BCUT2D eigenvalue weighted by molar-refractivity contribution is -0.136. The number of nitrogens with one attached hydrogen (secondary N) is 1. The van der Waals surface area contributed by atoms with Gasteiger partial charge in [-0.15, -0.1) is 0 Å². The molecule has 1 aliphatic rings. The van der Waals surface area contributed by atoms with Gasteiger partial charge in [0.05, 0.1) is 16.6 Å². The molecule has 0 saturated carbocycles. The van der Waals surface area contributed by atoms with Crippen LogP contribution < -0.4 is 5.32 Å². The molecule has 21 heavy (non-hydrogen) atoms. The minimum atomic E-state index is -0.123. The Morgan fingerprint density at radius 1 is 1.38 bits per heavy atom. The molecule has 1 aliphatic heterocycles. The molecule has 0 aliphatic carbocycles. The van der Waals surface area contributed by atoms with Crippen LogP contribution in [0.3, 0.4) is 0 Å². The number of hydrogen-bond donors (Lipinski definition) is 1. The van der Waals surface area contributed by atoms with Crippen LogP contribution in [0.2, 0.25) is 5.02 Å². The standard InChI is InChI=1S/C16H18ClN3O/c1-10-8-20(16(21)11(2)19-10)9-12-3-4-13-14(17)5-6-18-15(13)7-12/h3-7,10-11,19H,8-9H2,1-2H3. The van der Waals surface area contributed by atoms with Crippen molar-refractivity contribution >= 4 is 28.4 Å². The average Bonchev–Trinajstić information content (AvgIpc) is 2.44. The third-order valence-corrected chi connectivity index (χ3v) is 4.17. The van der Waals surface area contributed by atoms with Crippen molar-refractivity contribution in [1.29, 1.82) is 0 Å². The molecule has 1 fully saturated rings. The number of pyridine rings is 1. The summed E-state index contributed by atoms with van der Waals surface area (Å²) in [5.74, 6) is 0.146. The summed E-state index contributed by atoms with van der Waals surface area (Å²) in [5, 5.41) is 4.90. The van der Waals surface area contributed by atoms with Crippen LogP contribution in [0.4, 0.5) is 0 Å². The first-order valence-electron chi connectivity index (χ1n) is 7.12. The fourth-order valence-electron chi connectivity index (χ4n) is 2.87. The lowest BCUT2D eigenvalue weighted by Crippen LogP contribution is -2.57. The number of aromatic nitrogens is 1. The van der Waals surface area contributed by atoms with Gasteiger partial charge >= 0.3 is 0 Å². The van der Waals surface area contributed by atoms with E-state index in [9.17, 15) is 4.79 Å². The van der Waals surface area contributed by atoms with Gasteiger partial charge in [0, 0.05) is 30.7 Å². The van der Waals surface area contributed by atoms with Crippen LogP contribution in [0, 0.1) is 0 Å². The number of piperazine rings is 1. The van der Waals surface area contributed by atoms with E-state index < -0.39 is 0 Å². The smallest absolute Gasteiger partial charge is 0.239 e. The van der Waals surface area contributed by atoms with Crippen LogP contribution in [0.1, 0.15) is 19.4 Å². The van der Waals surface area contributed by atoms with Crippen molar-refractivity contribution in [2.45, 2.75) is 32.5 Å². The highest BCUT2D eigenvalue weighted by Crippen LogP contribution is 2.23. The maximum absolute atomic E-state index is 12.2. The number of carbonyl (C=O) groups excluding carboxylic acids is 1. The predicted octanol–water partition coefficient (Wildman–Crippen LogP) is 2.60. The van der Waals surface area contributed by atoms with Crippen LogP contribution in [0.15, 0.2) is 30.5 Å². The quantitative estimate of drug-likeness (QED) is 0.927. The van der Waals surface area contributed by atoms with Gasteiger partial charge in [0.15, 0.2) is 0 Å². The van der Waals surface area contributed by atoms with E-state index in [0.29, 0.717) is 17.6 Å². The number of amides is 1. The van der Waals surface area contributed by atoms with Crippen molar-refractivity contribution in [3.63, 3.8) is 0 Å². The molecule has 1 aromatic heterocycles. The topological polar surface area (TPSA) is 45.2 Å². The summed E-state index contributed by atoms with van der Waals surface area (Å²) in [6.07, 6.45) is 1.70. The van der Waals surface area contributed by atoms with Crippen molar-refractivity contribution in [2.24, 2.45) is 0 Å². The van der Waals surface area contributed by atoms with E-state index in [2.05, 4.69) is 17.2 Å². The molecule has 2 heterocycles. The molecular weight excluding hydrogens is 286 g/mol. The molecule has 1 N–H and O–H groups in total. The molecule has 1 amide bonds. The Morgan fingerprint density at radius 2 is 2.19 bits per heavy atom. The summed E-state index contributed by atoms with van der Waals surface area (Å²) < 4.78 is 0. The maximum atomic E-state index is 12.2. The lowest BCUT2D eigenvalue weighted by atomic mass is 10.1. The van der Waals surface area contributed by atoms with Gasteiger partial charge in [0.2, 0.25) is 5.91 Å². The van der Waals surface area contributed by atoms with E-state index in [0.717, 1.165) is 23.0 Å². The van der Waals surface area contributed by atoms with E-state index in [1.165, 1.54) is 0 Å². The largest absolute Gasteiger partial charge is 0.335 e. The summed E-state index contributed by atoms with van der Waals surface area (Å²) in [6.45, 7) is 5.34. The number of hydrogen-bond acceptors (Lipinski definition) is 3. The molecule has 0 spiro atoms. The SMILES string of the molecule is CC1CN(Cc2ccc3c(Cl)ccnc3c2)C(=O)C(C)N1. The molecule has 1 saturated heterocycles. The monoisotopic (exact) mass is 303 g/mol. The van der Waals surface area contributed by atoms with E-state index in [-0.39, 0.29) is 11.9 Å². The molecule has 5 heteroatoms. The second-order valence-corrected chi connectivity index (χ2v) is 6.06. The molecule has 1 aromatic carbocycles.